The Hall–Kier alpha value is -2.46. The standard InChI is InChI=1S/C26H38F2N6O2/c1-7-8-26(27,28)21-9-20-23(31-30-21)25(5,6)15-34(20)22(35)14-32-12-17(3)29-10-19(32)13-33-11-16(2)18(4)24(33)36/h9,17,19,29H,7-8,10-15H2,1-6H3/t17-,19-/m1/s1. The number of carbonyl (C=O) groups is 2. The minimum Gasteiger partial charge on any atom is -0.333 e. The van der Waals surface area contributed by atoms with E-state index < -0.39 is 17.0 Å². The van der Waals surface area contributed by atoms with Crippen molar-refractivity contribution >= 4 is 17.5 Å². The van der Waals surface area contributed by atoms with Crippen molar-refractivity contribution in [1.29, 1.82) is 0 Å². The number of carbonyl (C=O) groups excluding carboxylic acids is 2. The average Bonchev–Trinajstić information content (AvgIpc) is 3.22. The largest absolute Gasteiger partial charge is 0.333 e. The molecule has 0 unspecified atom stereocenters. The maximum absolute atomic E-state index is 14.6. The van der Waals surface area contributed by atoms with Crippen LogP contribution in [-0.4, -0.2) is 83.2 Å². The second-order valence-electron chi connectivity index (χ2n) is 11.3. The maximum Gasteiger partial charge on any atom is 0.291 e. The van der Waals surface area contributed by atoms with E-state index in [4.69, 9.17) is 0 Å². The molecule has 4 rings (SSSR count). The minimum atomic E-state index is -3.09. The number of aromatic nitrogens is 2. The van der Waals surface area contributed by atoms with Crippen molar-refractivity contribution in [1.82, 2.24) is 25.3 Å². The Morgan fingerprint density at radius 2 is 2.00 bits per heavy atom. The highest BCUT2D eigenvalue weighted by molar-refractivity contribution is 5.97. The van der Waals surface area contributed by atoms with Gasteiger partial charge in [-0.1, -0.05) is 27.2 Å². The first kappa shape index (κ1) is 26.6. The van der Waals surface area contributed by atoms with Gasteiger partial charge in [0.15, 0.2) is 0 Å². The summed E-state index contributed by atoms with van der Waals surface area (Å²) in [6.07, 6.45) is -0.00224. The van der Waals surface area contributed by atoms with Gasteiger partial charge >= 0.3 is 0 Å². The number of hydrogen-bond acceptors (Lipinski definition) is 6. The van der Waals surface area contributed by atoms with Gasteiger partial charge in [0.1, 0.15) is 5.69 Å². The Kier molecular flexibility index (Phi) is 7.22. The Morgan fingerprint density at radius 3 is 2.64 bits per heavy atom. The molecule has 8 nitrogen and oxygen atoms in total. The van der Waals surface area contributed by atoms with Gasteiger partial charge in [-0.25, -0.2) is 0 Å². The Labute approximate surface area is 212 Å². The van der Waals surface area contributed by atoms with E-state index in [2.05, 4.69) is 27.3 Å². The van der Waals surface area contributed by atoms with E-state index in [1.165, 1.54) is 6.07 Å². The normalized spacial score (nSPS) is 24.6. The van der Waals surface area contributed by atoms with Crippen LogP contribution < -0.4 is 10.2 Å². The van der Waals surface area contributed by atoms with E-state index >= 15 is 0 Å². The van der Waals surface area contributed by atoms with E-state index in [1.807, 2.05) is 32.6 Å². The summed E-state index contributed by atoms with van der Waals surface area (Å²) in [5.41, 5.74) is 1.98. The second-order valence-corrected chi connectivity index (χ2v) is 11.3. The molecule has 36 heavy (non-hydrogen) atoms. The molecule has 1 fully saturated rings. The van der Waals surface area contributed by atoms with Crippen LogP contribution in [0.5, 0.6) is 0 Å². The van der Waals surface area contributed by atoms with Gasteiger partial charge < -0.3 is 15.1 Å². The van der Waals surface area contributed by atoms with Gasteiger partial charge in [0, 0.05) is 62.2 Å². The molecule has 1 N–H and O–H groups in total. The van der Waals surface area contributed by atoms with Crippen LogP contribution in [0.3, 0.4) is 0 Å². The van der Waals surface area contributed by atoms with Crippen LogP contribution in [0, 0.1) is 0 Å². The van der Waals surface area contributed by atoms with E-state index in [9.17, 15) is 18.4 Å². The van der Waals surface area contributed by atoms with Crippen molar-refractivity contribution < 1.29 is 18.4 Å². The third-order valence-corrected chi connectivity index (χ3v) is 7.67. The molecule has 4 heterocycles. The van der Waals surface area contributed by atoms with E-state index in [1.54, 1.807) is 11.8 Å². The minimum absolute atomic E-state index is 0.0251. The molecule has 3 aliphatic rings. The number of nitrogens with zero attached hydrogens (tertiary/aromatic N) is 5. The fourth-order valence-electron chi connectivity index (χ4n) is 5.43. The van der Waals surface area contributed by atoms with Crippen LogP contribution in [0.1, 0.15) is 65.8 Å². The molecule has 2 atom stereocenters. The monoisotopic (exact) mass is 504 g/mol. The highest BCUT2D eigenvalue weighted by atomic mass is 19.3. The summed E-state index contributed by atoms with van der Waals surface area (Å²) in [5, 5.41) is 11.5. The van der Waals surface area contributed by atoms with Crippen molar-refractivity contribution in [3.05, 3.63) is 28.6 Å². The maximum atomic E-state index is 14.6. The number of hydrogen-bond donors (Lipinski definition) is 1. The van der Waals surface area contributed by atoms with Gasteiger partial charge in [-0.2, -0.15) is 13.9 Å². The number of amides is 2. The van der Waals surface area contributed by atoms with E-state index in [0.717, 1.165) is 11.1 Å². The lowest BCUT2D eigenvalue weighted by Crippen LogP contribution is -2.61. The Morgan fingerprint density at radius 1 is 1.28 bits per heavy atom. The summed E-state index contributed by atoms with van der Waals surface area (Å²) >= 11 is 0. The topological polar surface area (TPSA) is 81.7 Å². The molecule has 1 aromatic rings. The van der Waals surface area contributed by atoms with Crippen LogP contribution in [0.15, 0.2) is 17.2 Å². The zero-order valence-electron chi connectivity index (χ0n) is 22.2. The first-order valence-corrected chi connectivity index (χ1v) is 12.8. The predicted octanol–water partition coefficient (Wildman–Crippen LogP) is 2.83. The highest BCUT2D eigenvalue weighted by Gasteiger charge is 2.43. The number of fused-ring (bicyclic) bond motifs is 1. The molecule has 0 radical (unpaired) electrons. The predicted molar refractivity (Wildman–Crippen MR) is 134 cm³/mol. The molecule has 0 aliphatic carbocycles. The molecule has 10 heteroatoms. The van der Waals surface area contributed by atoms with Crippen LogP contribution in [0.25, 0.3) is 0 Å². The van der Waals surface area contributed by atoms with Crippen molar-refractivity contribution in [2.45, 2.75) is 77.8 Å². The summed E-state index contributed by atoms with van der Waals surface area (Å²) in [7, 11) is 0. The highest BCUT2D eigenvalue weighted by Crippen LogP contribution is 2.42. The molecule has 0 aromatic carbocycles. The van der Waals surface area contributed by atoms with Crippen molar-refractivity contribution in [3.8, 4) is 0 Å². The molecule has 0 spiro atoms. The fourth-order valence-corrected chi connectivity index (χ4v) is 5.43. The molecule has 198 valence electrons. The lowest BCUT2D eigenvalue weighted by atomic mass is 9.91. The van der Waals surface area contributed by atoms with Crippen LogP contribution in [0.4, 0.5) is 14.5 Å². The van der Waals surface area contributed by atoms with Crippen molar-refractivity contribution in [2.75, 3.05) is 44.2 Å². The molecule has 0 bridgehead atoms. The van der Waals surface area contributed by atoms with Crippen LogP contribution >= 0.6 is 0 Å². The number of halogens is 2. The van der Waals surface area contributed by atoms with Crippen LogP contribution in [0.2, 0.25) is 0 Å². The SMILES string of the molecule is CCCC(F)(F)c1cc2c(nn1)C(C)(C)CN2C(=O)CN1C[C@@H](C)NC[C@@H]1CN1CC(C)=C(C)C1=O. The summed E-state index contributed by atoms with van der Waals surface area (Å²) in [6.45, 7) is 14.5. The van der Waals surface area contributed by atoms with Crippen LogP contribution in [-0.2, 0) is 20.9 Å². The first-order valence-electron chi connectivity index (χ1n) is 12.8. The lowest BCUT2D eigenvalue weighted by molar-refractivity contribution is -0.126. The quantitative estimate of drug-likeness (QED) is 0.615. The van der Waals surface area contributed by atoms with Gasteiger partial charge in [-0.3, -0.25) is 14.5 Å². The molecule has 2 amide bonds. The number of nitrogens with one attached hydrogen (secondary N) is 1. The lowest BCUT2D eigenvalue weighted by Gasteiger charge is -2.41. The number of alkyl halides is 2. The summed E-state index contributed by atoms with van der Waals surface area (Å²) in [6, 6.07) is 1.52. The number of piperazine rings is 1. The molecule has 0 saturated carbocycles. The second kappa shape index (κ2) is 9.78. The van der Waals surface area contributed by atoms with Gasteiger partial charge in [0.25, 0.3) is 5.92 Å². The van der Waals surface area contributed by atoms with Gasteiger partial charge in [0.2, 0.25) is 11.8 Å². The average molecular weight is 505 g/mol. The third-order valence-electron chi connectivity index (χ3n) is 7.67. The summed E-state index contributed by atoms with van der Waals surface area (Å²) < 4.78 is 29.3. The molecule has 1 saturated heterocycles. The Bertz CT molecular complexity index is 1070. The van der Waals surface area contributed by atoms with Gasteiger partial charge in [0.05, 0.1) is 17.9 Å². The third kappa shape index (κ3) is 5.02. The first-order chi connectivity index (χ1) is 16.8. The van der Waals surface area contributed by atoms with E-state index in [-0.39, 0.29) is 36.9 Å². The molecular weight excluding hydrogens is 466 g/mol. The van der Waals surface area contributed by atoms with Gasteiger partial charge in [-0.05, 0) is 32.4 Å². The zero-order chi connectivity index (χ0) is 26.4. The number of rotatable bonds is 7. The van der Waals surface area contributed by atoms with Crippen molar-refractivity contribution in [2.24, 2.45) is 0 Å². The molecular formula is C26H38F2N6O2. The molecule has 1 aromatic heterocycles. The fraction of sp³-hybridized carbons (Fsp3) is 0.692. The summed E-state index contributed by atoms with van der Waals surface area (Å²) in [5.74, 6) is -3.20. The number of anilines is 1. The smallest absolute Gasteiger partial charge is 0.291 e. The molecule has 3 aliphatic heterocycles. The van der Waals surface area contributed by atoms with E-state index in [0.29, 0.717) is 50.5 Å². The Balaban J connectivity index is 1.54. The zero-order valence-corrected chi connectivity index (χ0v) is 22.2. The van der Waals surface area contributed by atoms with Gasteiger partial charge in [-0.15, -0.1) is 5.10 Å². The van der Waals surface area contributed by atoms with Crippen molar-refractivity contribution in [3.63, 3.8) is 0 Å². The summed E-state index contributed by atoms with van der Waals surface area (Å²) in [4.78, 5) is 31.8.